The van der Waals surface area contributed by atoms with Gasteiger partial charge in [-0.2, -0.15) is 0 Å². The fraction of sp³-hybridized carbons (Fsp3) is 0.368. The third kappa shape index (κ3) is 4.48. The molecular formula is C19H22F3N3O2S. The molecule has 0 radical (unpaired) electrons. The fourth-order valence-corrected chi connectivity index (χ4v) is 4.56. The van der Waals surface area contributed by atoms with Crippen LogP contribution < -0.4 is 9.62 Å². The quantitative estimate of drug-likeness (QED) is 0.819. The molecule has 0 spiro atoms. The summed E-state index contributed by atoms with van der Waals surface area (Å²) in [7, 11) is -2.34. The summed E-state index contributed by atoms with van der Waals surface area (Å²) in [5.41, 5.74) is 1.15. The number of nitrogens with one attached hydrogen (secondary N) is 1. The molecule has 5 nitrogen and oxygen atoms in total. The highest BCUT2D eigenvalue weighted by Gasteiger charge is 2.26. The van der Waals surface area contributed by atoms with Gasteiger partial charge in [0.1, 0.15) is 22.3 Å². The number of halogens is 3. The predicted molar refractivity (Wildman–Crippen MR) is 101 cm³/mol. The van der Waals surface area contributed by atoms with Gasteiger partial charge >= 0.3 is 0 Å². The first-order valence-electron chi connectivity index (χ1n) is 8.88. The highest BCUT2D eigenvalue weighted by Crippen LogP contribution is 2.29. The molecule has 3 rings (SSSR count). The Balaban J connectivity index is 1.91. The van der Waals surface area contributed by atoms with Gasteiger partial charge in [-0.3, -0.25) is 0 Å². The predicted octanol–water partition coefficient (Wildman–Crippen LogP) is 2.90. The molecule has 1 heterocycles. The van der Waals surface area contributed by atoms with E-state index in [1.807, 2.05) is 7.05 Å². The summed E-state index contributed by atoms with van der Waals surface area (Å²) in [5, 5.41) is 0. The second-order valence-corrected chi connectivity index (χ2v) is 8.59. The number of sulfonamides is 1. The van der Waals surface area contributed by atoms with Crippen molar-refractivity contribution in [3.05, 3.63) is 59.4 Å². The second-order valence-electron chi connectivity index (χ2n) is 6.91. The van der Waals surface area contributed by atoms with Gasteiger partial charge in [0.2, 0.25) is 10.0 Å². The van der Waals surface area contributed by atoms with Gasteiger partial charge in [0, 0.05) is 37.9 Å². The minimum absolute atomic E-state index is 0.435. The molecule has 0 amide bonds. The molecule has 0 unspecified atom stereocenters. The van der Waals surface area contributed by atoms with Crippen molar-refractivity contribution in [3.8, 4) is 0 Å². The molecule has 152 valence electrons. The summed E-state index contributed by atoms with van der Waals surface area (Å²) in [4.78, 5) is 3.44. The van der Waals surface area contributed by atoms with Crippen molar-refractivity contribution in [1.29, 1.82) is 0 Å². The van der Waals surface area contributed by atoms with Crippen molar-refractivity contribution >= 4 is 15.7 Å². The average molecular weight is 413 g/mol. The van der Waals surface area contributed by atoms with E-state index < -0.39 is 38.4 Å². The number of hydrogen-bond donors (Lipinski definition) is 1. The summed E-state index contributed by atoms with van der Waals surface area (Å²) >= 11 is 0. The first kappa shape index (κ1) is 20.6. The summed E-state index contributed by atoms with van der Waals surface area (Å²) in [6.45, 7) is 4.63. The lowest BCUT2D eigenvalue weighted by Gasteiger charge is -2.36. The molecule has 1 aliphatic rings. The Labute approximate surface area is 162 Å². The average Bonchev–Trinajstić information content (AvgIpc) is 2.64. The molecule has 2 aromatic rings. The van der Waals surface area contributed by atoms with Crippen LogP contribution >= 0.6 is 0 Å². The van der Waals surface area contributed by atoms with Crippen molar-refractivity contribution in [1.82, 2.24) is 9.62 Å². The van der Waals surface area contributed by atoms with E-state index in [1.54, 1.807) is 13.0 Å². The number of piperazine rings is 1. The molecule has 1 N–H and O–H groups in total. The van der Waals surface area contributed by atoms with Crippen LogP contribution in [0, 0.1) is 17.5 Å². The van der Waals surface area contributed by atoms with Crippen LogP contribution in [-0.4, -0.2) is 46.5 Å². The Morgan fingerprint density at radius 3 is 2.25 bits per heavy atom. The van der Waals surface area contributed by atoms with E-state index in [-0.39, 0.29) is 0 Å². The molecule has 0 aliphatic carbocycles. The Morgan fingerprint density at radius 2 is 1.57 bits per heavy atom. The molecule has 0 aromatic heterocycles. The second kappa shape index (κ2) is 8.10. The smallest absolute Gasteiger partial charge is 0.244 e. The van der Waals surface area contributed by atoms with Gasteiger partial charge in [0.05, 0.1) is 0 Å². The normalized spacial score (nSPS) is 17.0. The van der Waals surface area contributed by atoms with Crippen LogP contribution in [0.3, 0.4) is 0 Å². The van der Waals surface area contributed by atoms with Crippen LogP contribution in [0.25, 0.3) is 0 Å². The Kier molecular flexibility index (Phi) is 5.97. The molecule has 2 aromatic carbocycles. The lowest BCUT2D eigenvalue weighted by Crippen LogP contribution is -2.45. The number of anilines is 1. The molecule has 28 heavy (non-hydrogen) atoms. The Morgan fingerprint density at radius 1 is 0.964 bits per heavy atom. The summed E-state index contributed by atoms with van der Waals surface area (Å²) in [6.07, 6.45) is 0. The van der Waals surface area contributed by atoms with Crippen LogP contribution in [0.1, 0.15) is 18.5 Å². The zero-order valence-electron chi connectivity index (χ0n) is 15.6. The van der Waals surface area contributed by atoms with Gasteiger partial charge < -0.3 is 9.80 Å². The number of benzene rings is 2. The van der Waals surface area contributed by atoms with E-state index in [0.717, 1.165) is 25.2 Å². The fourth-order valence-electron chi connectivity index (χ4n) is 3.25. The number of rotatable bonds is 5. The van der Waals surface area contributed by atoms with Crippen molar-refractivity contribution < 1.29 is 21.6 Å². The topological polar surface area (TPSA) is 52.7 Å². The van der Waals surface area contributed by atoms with Gasteiger partial charge in [-0.1, -0.05) is 0 Å². The van der Waals surface area contributed by atoms with Gasteiger partial charge in [0.15, 0.2) is 0 Å². The van der Waals surface area contributed by atoms with E-state index in [2.05, 4.69) is 14.5 Å². The standard InChI is InChI=1S/C19H22F3N3O2S/c1-13(23-28(26,27)19-12-15(21)3-5-17(19)22)16-11-14(20)4-6-18(16)25-9-7-24(2)8-10-25/h3-6,11-13,23H,7-10H2,1-2H3/t13-/m0/s1. The van der Waals surface area contributed by atoms with Crippen LogP contribution in [0.2, 0.25) is 0 Å². The molecular weight excluding hydrogens is 391 g/mol. The maximum atomic E-state index is 13.9. The lowest BCUT2D eigenvalue weighted by molar-refractivity contribution is 0.312. The molecule has 9 heteroatoms. The zero-order chi connectivity index (χ0) is 20.5. The van der Waals surface area contributed by atoms with E-state index in [9.17, 15) is 21.6 Å². The van der Waals surface area contributed by atoms with E-state index in [4.69, 9.17) is 0 Å². The maximum Gasteiger partial charge on any atom is 0.244 e. The third-order valence-corrected chi connectivity index (χ3v) is 6.37. The first-order chi connectivity index (χ1) is 13.2. The molecule has 0 saturated carbocycles. The van der Waals surface area contributed by atoms with Crippen LogP contribution in [0.4, 0.5) is 18.9 Å². The van der Waals surface area contributed by atoms with Gasteiger partial charge in [0.25, 0.3) is 0 Å². The van der Waals surface area contributed by atoms with Gasteiger partial charge in [-0.05, 0) is 55.9 Å². The molecule has 1 fully saturated rings. The Hall–Kier alpha value is -2.10. The third-order valence-electron chi connectivity index (χ3n) is 4.81. The van der Waals surface area contributed by atoms with E-state index >= 15 is 0 Å². The summed E-state index contributed by atoms with van der Waals surface area (Å²) < 4.78 is 68.7. The largest absolute Gasteiger partial charge is 0.369 e. The minimum atomic E-state index is -4.34. The summed E-state index contributed by atoms with van der Waals surface area (Å²) in [5.74, 6) is -2.42. The Bertz CT molecular complexity index is 961. The van der Waals surface area contributed by atoms with Crippen LogP contribution in [-0.2, 0) is 10.0 Å². The van der Waals surface area contributed by atoms with Crippen LogP contribution in [0.15, 0.2) is 41.3 Å². The van der Waals surface area contributed by atoms with Gasteiger partial charge in [-0.25, -0.2) is 26.3 Å². The number of hydrogen-bond acceptors (Lipinski definition) is 4. The van der Waals surface area contributed by atoms with Crippen molar-refractivity contribution in [2.24, 2.45) is 0 Å². The van der Waals surface area contributed by atoms with Gasteiger partial charge in [-0.15, -0.1) is 0 Å². The molecule has 1 atom stereocenters. The highest BCUT2D eigenvalue weighted by molar-refractivity contribution is 7.89. The van der Waals surface area contributed by atoms with E-state index in [1.165, 1.54) is 12.1 Å². The monoisotopic (exact) mass is 413 g/mol. The van der Waals surface area contributed by atoms with Crippen molar-refractivity contribution in [2.75, 3.05) is 38.1 Å². The van der Waals surface area contributed by atoms with Crippen LogP contribution in [0.5, 0.6) is 0 Å². The SMILES string of the molecule is C[C@H](NS(=O)(=O)c1cc(F)ccc1F)c1cc(F)ccc1N1CCN(C)CC1. The van der Waals surface area contributed by atoms with E-state index in [0.29, 0.717) is 30.4 Å². The lowest BCUT2D eigenvalue weighted by atomic mass is 10.0. The molecule has 1 aliphatic heterocycles. The minimum Gasteiger partial charge on any atom is -0.369 e. The summed E-state index contributed by atoms with van der Waals surface area (Å²) in [6, 6.07) is 5.58. The highest BCUT2D eigenvalue weighted by atomic mass is 32.2. The number of nitrogens with zero attached hydrogens (tertiary/aromatic N) is 2. The zero-order valence-corrected chi connectivity index (χ0v) is 16.4. The molecule has 1 saturated heterocycles. The first-order valence-corrected chi connectivity index (χ1v) is 10.4. The number of likely N-dealkylation sites (N-methyl/N-ethyl adjacent to an activating group) is 1. The van der Waals surface area contributed by atoms with Crippen molar-refractivity contribution in [3.63, 3.8) is 0 Å². The van der Waals surface area contributed by atoms with Crippen molar-refractivity contribution in [2.45, 2.75) is 17.9 Å². The maximum absolute atomic E-state index is 13.9. The molecule has 0 bridgehead atoms.